The van der Waals surface area contributed by atoms with Crippen molar-refractivity contribution < 1.29 is 9.59 Å². The number of allylic oxidation sites excluding steroid dienone is 2. The zero-order valence-corrected chi connectivity index (χ0v) is 13.4. The quantitative estimate of drug-likeness (QED) is 0.420. The molecule has 0 aromatic heterocycles. The molecular formula is C17H14INO2. The molecule has 4 heteroatoms. The molecule has 6 rings (SSSR count). The van der Waals surface area contributed by atoms with Gasteiger partial charge in [0.1, 0.15) is 0 Å². The summed E-state index contributed by atoms with van der Waals surface area (Å²) in [6.45, 7) is 0. The third-order valence-corrected chi connectivity index (χ3v) is 6.67. The summed E-state index contributed by atoms with van der Waals surface area (Å²) in [6.07, 6.45) is 5.63. The van der Waals surface area contributed by atoms with Gasteiger partial charge in [-0.05, 0) is 64.8 Å². The maximum absolute atomic E-state index is 12.9. The molecule has 0 N–H and O–H groups in total. The molecule has 1 heterocycles. The SMILES string of the molecule is O=C1[C@@H]2[C@H]3C=C[C@@H]([C@@H]4C[C@@H]34)[C@H]2C(=O)N1c1ccccc1I. The lowest BCUT2D eigenvalue weighted by atomic mass is 9.63. The first kappa shape index (κ1) is 12.4. The second kappa shape index (κ2) is 3.97. The van der Waals surface area contributed by atoms with Crippen LogP contribution in [0.3, 0.4) is 0 Å². The Morgan fingerprint density at radius 3 is 2.10 bits per heavy atom. The standard InChI is InChI=1S/C17H14INO2/c18-12-3-1-2-4-13(12)19-16(20)14-8-5-6-9(11-7-10(8)11)15(14)17(19)21/h1-6,8-11,14-15H,7H2/t8-,9-,10-,11-,14+,15+/m0/s1. The number of anilines is 1. The summed E-state index contributed by atoms with van der Waals surface area (Å²) < 4.78 is 0.959. The van der Waals surface area contributed by atoms with E-state index in [1.807, 2.05) is 24.3 Å². The Kier molecular flexibility index (Phi) is 2.34. The van der Waals surface area contributed by atoms with E-state index in [0.717, 1.165) is 9.26 Å². The predicted octanol–water partition coefficient (Wildman–Crippen LogP) is 2.85. The van der Waals surface area contributed by atoms with E-state index in [4.69, 9.17) is 0 Å². The van der Waals surface area contributed by atoms with Crippen LogP contribution in [0.4, 0.5) is 5.69 Å². The molecule has 2 saturated carbocycles. The number of benzene rings is 1. The number of imide groups is 1. The van der Waals surface area contributed by atoms with E-state index in [-0.39, 0.29) is 23.7 Å². The molecule has 5 aliphatic rings. The molecule has 106 valence electrons. The maximum Gasteiger partial charge on any atom is 0.238 e. The lowest BCUT2D eigenvalue weighted by Crippen LogP contribution is -2.40. The first-order valence-electron chi connectivity index (χ1n) is 7.49. The van der Waals surface area contributed by atoms with Crippen LogP contribution < -0.4 is 4.90 Å². The molecule has 1 saturated heterocycles. The third-order valence-electron chi connectivity index (χ3n) is 5.76. The molecule has 1 aromatic rings. The number of para-hydroxylation sites is 1. The summed E-state index contributed by atoms with van der Waals surface area (Å²) in [4.78, 5) is 27.3. The Morgan fingerprint density at radius 1 is 0.952 bits per heavy atom. The van der Waals surface area contributed by atoms with Crippen LogP contribution in [0.5, 0.6) is 0 Å². The molecule has 6 atom stereocenters. The third kappa shape index (κ3) is 1.44. The minimum Gasteiger partial charge on any atom is -0.274 e. The largest absolute Gasteiger partial charge is 0.274 e. The number of carbonyl (C=O) groups excluding carboxylic acids is 2. The normalized spacial score (nSPS) is 42.2. The second-order valence-electron chi connectivity index (χ2n) is 6.62. The number of rotatable bonds is 1. The van der Waals surface area contributed by atoms with Crippen LogP contribution in [0.15, 0.2) is 36.4 Å². The van der Waals surface area contributed by atoms with Crippen LogP contribution in [0.1, 0.15) is 6.42 Å². The Balaban J connectivity index is 1.62. The van der Waals surface area contributed by atoms with Crippen molar-refractivity contribution in [3.8, 4) is 0 Å². The molecule has 0 unspecified atom stereocenters. The van der Waals surface area contributed by atoms with Gasteiger partial charge in [0.05, 0.1) is 17.5 Å². The van der Waals surface area contributed by atoms with Crippen LogP contribution in [-0.2, 0) is 9.59 Å². The van der Waals surface area contributed by atoms with Gasteiger partial charge in [0, 0.05) is 3.57 Å². The van der Waals surface area contributed by atoms with Crippen molar-refractivity contribution in [2.45, 2.75) is 6.42 Å². The average molecular weight is 391 g/mol. The second-order valence-corrected chi connectivity index (χ2v) is 7.78. The highest BCUT2D eigenvalue weighted by Crippen LogP contribution is 2.65. The summed E-state index contributed by atoms with van der Waals surface area (Å²) in [6, 6.07) is 7.65. The summed E-state index contributed by atoms with van der Waals surface area (Å²) in [5.74, 6) is 1.76. The number of hydrogen-bond acceptors (Lipinski definition) is 2. The van der Waals surface area contributed by atoms with Gasteiger partial charge < -0.3 is 0 Å². The van der Waals surface area contributed by atoms with Crippen LogP contribution in [0.2, 0.25) is 0 Å². The zero-order valence-electron chi connectivity index (χ0n) is 11.3. The molecule has 1 aromatic carbocycles. The minimum absolute atomic E-state index is 0.0267. The summed E-state index contributed by atoms with van der Waals surface area (Å²) in [7, 11) is 0. The Labute approximate surface area is 136 Å². The highest BCUT2D eigenvalue weighted by atomic mass is 127. The highest BCUT2D eigenvalue weighted by Gasteiger charge is 2.67. The van der Waals surface area contributed by atoms with Crippen LogP contribution >= 0.6 is 22.6 Å². The molecule has 21 heavy (non-hydrogen) atoms. The molecule has 2 bridgehead atoms. The summed E-state index contributed by atoms with van der Waals surface area (Å²) in [5, 5.41) is 0. The smallest absolute Gasteiger partial charge is 0.238 e. The van der Waals surface area contributed by atoms with Crippen molar-refractivity contribution in [2.24, 2.45) is 35.5 Å². The number of hydrogen-bond donors (Lipinski definition) is 0. The first-order valence-corrected chi connectivity index (χ1v) is 8.57. The van der Waals surface area contributed by atoms with Gasteiger partial charge in [-0.25, -0.2) is 4.90 Å². The van der Waals surface area contributed by atoms with Crippen molar-refractivity contribution >= 4 is 40.1 Å². The van der Waals surface area contributed by atoms with Crippen molar-refractivity contribution in [2.75, 3.05) is 4.90 Å². The Morgan fingerprint density at radius 2 is 1.52 bits per heavy atom. The van der Waals surface area contributed by atoms with E-state index in [0.29, 0.717) is 23.7 Å². The lowest BCUT2D eigenvalue weighted by molar-refractivity contribution is -0.124. The maximum atomic E-state index is 12.9. The number of nitrogens with zero attached hydrogens (tertiary/aromatic N) is 1. The summed E-state index contributed by atoms with van der Waals surface area (Å²) in [5.41, 5.74) is 0.760. The molecule has 2 amide bonds. The van der Waals surface area contributed by atoms with Crippen LogP contribution in [-0.4, -0.2) is 11.8 Å². The number of amides is 2. The summed E-state index contributed by atoms with van der Waals surface area (Å²) >= 11 is 2.20. The van der Waals surface area contributed by atoms with Crippen LogP contribution in [0, 0.1) is 39.1 Å². The fraction of sp³-hybridized carbons (Fsp3) is 0.412. The van der Waals surface area contributed by atoms with Crippen molar-refractivity contribution in [1.82, 2.24) is 0 Å². The van der Waals surface area contributed by atoms with Gasteiger partial charge in [-0.2, -0.15) is 0 Å². The van der Waals surface area contributed by atoms with Gasteiger partial charge in [-0.3, -0.25) is 9.59 Å². The molecule has 3 nitrogen and oxygen atoms in total. The average Bonchev–Trinajstić information content (AvgIpc) is 3.26. The van der Waals surface area contributed by atoms with Gasteiger partial charge in [0.25, 0.3) is 0 Å². The predicted molar refractivity (Wildman–Crippen MR) is 86.3 cm³/mol. The molecule has 0 radical (unpaired) electrons. The molecular weight excluding hydrogens is 377 g/mol. The van der Waals surface area contributed by atoms with E-state index in [1.54, 1.807) is 0 Å². The number of halogens is 1. The molecule has 1 aliphatic heterocycles. The van der Waals surface area contributed by atoms with E-state index in [1.165, 1.54) is 11.3 Å². The highest BCUT2D eigenvalue weighted by molar-refractivity contribution is 14.1. The van der Waals surface area contributed by atoms with Gasteiger partial charge >= 0.3 is 0 Å². The molecule has 0 spiro atoms. The molecule has 4 aliphatic carbocycles. The Hall–Kier alpha value is -1.17. The van der Waals surface area contributed by atoms with Crippen molar-refractivity contribution in [3.63, 3.8) is 0 Å². The fourth-order valence-electron chi connectivity index (χ4n) is 4.83. The van der Waals surface area contributed by atoms with E-state index >= 15 is 0 Å². The monoisotopic (exact) mass is 391 g/mol. The van der Waals surface area contributed by atoms with Crippen LogP contribution in [0.25, 0.3) is 0 Å². The Bertz CT molecular complexity index is 676. The zero-order chi connectivity index (χ0) is 14.3. The lowest BCUT2D eigenvalue weighted by Gasteiger charge is -2.37. The topological polar surface area (TPSA) is 37.4 Å². The number of carbonyl (C=O) groups is 2. The van der Waals surface area contributed by atoms with E-state index in [9.17, 15) is 9.59 Å². The molecule has 3 fully saturated rings. The van der Waals surface area contributed by atoms with Gasteiger partial charge in [-0.1, -0.05) is 24.3 Å². The van der Waals surface area contributed by atoms with Gasteiger partial charge in [0.2, 0.25) is 11.8 Å². The van der Waals surface area contributed by atoms with Crippen molar-refractivity contribution in [3.05, 3.63) is 40.0 Å². The van der Waals surface area contributed by atoms with E-state index < -0.39 is 0 Å². The van der Waals surface area contributed by atoms with Crippen molar-refractivity contribution in [1.29, 1.82) is 0 Å². The van der Waals surface area contributed by atoms with Gasteiger partial charge in [-0.15, -0.1) is 0 Å². The minimum atomic E-state index is -0.104. The van der Waals surface area contributed by atoms with Gasteiger partial charge in [0.15, 0.2) is 0 Å². The van der Waals surface area contributed by atoms with E-state index in [2.05, 4.69) is 34.7 Å². The fourth-order valence-corrected chi connectivity index (χ4v) is 5.46. The first-order chi connectivity index (χ1) is 10.2.